The first kappa shape index (κ1) is 22.8. The summed E-state index contributed by atoms with van der Waals surface area (Å²) in [5, 5.41) is -0.155. The van der Waals surface area contributed by atoms with Gasteiger partial charge in [0.05, 0.1) is 29.4 Å². The Morgan fingerprint density at radius 1 is 1.16 bits per heavy atom. The molecule has 1 aliphatic carbocycles. The molecule has 2 aliphatic rings. The van der Waals surface area contributed by atoms with Crippen LogP contribution < -0.4 is 5.48 Å². The fourth-order valence-electron chi connectivity index (χ4n) is 4.43. The van der Waals surface area contributed by atoms with Crippen molar-refractivity contribution in [3.63, 3.8) is 0 Å². The maximum absolute atomic E-state index is 13.7. The molecule has 8 heteroatoms. The van der Waals surface area contributed by atoms with Gasteiger partial charge in [0, 0.05) is 27.7 Å². The molecule has 0 spiro atoms. The summed E-state index contributed by atoms with van der Waals surface area (Å²) in [7, 11) is -2.06. The van der Waals surface area contributed by atoms with E-state index in [4.69, 9.17) is 4.84 Å². The van der Waals surface area contributed by atoms with Crippen molar-refractivity contribution in [2.75, 3.05) is 12.9 Å². The van der Waals surface area contributed by atoms with Crippen molar-refractivity contribution in [3.05, 3.63) is 65.2 Å². The molecule has 2 unspecified atom stereocenters. The number of thioether (sulfide) groups is 1. The molecular formula is C24H25NO5S2. The molecular weight excluding hydrogens is 446 g/mol. The second-order valence-corrected chi connectivity index (χ2v) is 11.3. The highest BCUT2D eigenvalue weighted by molar-refractivity contribution is 8.00. The number of Topliss-reactive ketones (excluding diaryl/α,β-unsaturated/α-hetero) is 2. The van der Waals surface area contributed by atoms with E-state index < -0.39 is 15.8 Å². The lowest BCUT2D eigenvalue weighted by Crippen LogP contribution is -2.37. The lowest BCUT2D eigenvalue weighted by molar-refractivity contribution is -0.122. The molecule has 0 radical (unpaired) electrons. The third-order valence-corrected chi connectivity index (χ3v) is 8.93. The molecule has 1 saturated carbocycles. The maximum atomic E-state index is 13.7. The summed E-state index contributed by atoms with van der Waals surface area (Å²) in [5.41, 5.74) is 4.58. The van der Waals surface area contributed by atoms with Crippen molar-refractivity contribution in [1.29, 1.82) is 0 Å². The average molecular weight is 472 g/mol. The van der Waals surface area contributed by atoms with Crippen LogP contribution in [-0.4, -0.2) is 38.1 Å². The highest BCUT2D eigenvalue weighted by atomic mass is 32.2. The zero-order valence-corrected chi connectivity index (χ0v) is 19.6. The van der Waals surface area contributed by atoms with Crippen LogP contribution in [0.2, 0.25) is 0 Å². The number of hydrogen-bond acceptors (Lipinski definition) is 7. The summed E-state index contributed by atoms with van der Waals surface area (Å²) >= 11 is 1.56. The number of ketones is 2. The van der Waals surface area contributed by atoms with E-state index in [0.29, 0.717) is 28.8 Å². The van der Waals surface area contributed by atoms with E-state index in [1.54, 1.807) is 30.8 Å². The molecule has 0 amide bonds. The highest BCUT2D eigenvalue weighted by Gasteiger charge is 2.39. The average Bonchev–Trinajstić information content (AvgIpc) is 2.76. The Morgan fingerprint density at radius 3 is 2.62 bits per heavy atom. The number of rotatable bonds is 6. The van der Waals surface area contributed by atoms with Crippen molar-refractivity contribution in [2.45, 2.75) is 41.2 Å². The van der Waals surface area contributed by atoms with Gasteiger partial charge >= 0.3 is 0 Å². The van der Waals surface area contributed by atoms with Gasteiger partial charge in [-0.1, -0.05) is 18.2 Å². The lowest BCUT2D eigenvalue weighted by atomic mass is 9.80. The van der Waals surface area contributed by atoms with Crippen molar-refractivity contribution in [1.82, 2.24) is 5.48 Å². The smallest absolute Gasteiger partial charge is 0.182 e. The standard InChI is InChI=1S/C24H25NO5S2/c1-15-17(11-12-21-22(15)18(25-30-2)13-14-32(21,28)29)24(27)23-19(26)9-6-10-20(23)31-16-7-4-3-5-8-16/h3-5,7-8,11-13,20,23,25H,6,9-10,14H2,1-2H3. The number of carbonyl (C=O) groups excluding carboxylic acids is 2. The van der Waals surface area contributed by atoms with Crippen LogP contribution in [0, 0.1) is 12.8 Å². The van der Waals surface area contributed by atoms with Gasteiger partial charge in [0.1, 0.15) is 5.78 Å². The van der Waals surface area contributed by atoms with Crippen LogP contribution in [0.1, 0.15) is 40.7 Å². The van der Waals surface area contributed by atoms with Gasteiger partial charge < -0.3 is 0 Å². The molecule has 0 saturated heterocycles. The monoisotopic (exact) mass is 471 g/mol. The molecule has 2 aromatic rings. The summed E-state index contributed by atoms with van der Waals surface area (Å²) in [6.45, 7) is 1.73. The van der Waals surface area contributed by atoms with Gasteiger partial charge in [-0.15, -0.1) is 11.8 Å². The van der Waals surface area contributed by atoms with E-state index in [-0.39, 0.29) is 27.5 Å². The van der Waals surface area contributed by atoms with Crippen LogP contribution in [0.4, 0.5) is 0 Å². The minimum atomic E-state index is -3.50. The van der Waals surface area contributed by atoms with E-state index in [1.807, 2.05) is 30.3 Å². The summed E-state index contributed by atoms with van der Waals surface area (Å²) in [6.07, 6.45) is 3.47. The largest absolute Gasteiger partial charge is 0.299 e. The van der Waals surface area contributed by atoms with Gasteiger partial charge in [-0.25, -0.2) is 8.42 Å². The normalized spacial score (nSPS) is 22.1. The summed E-state index contributed by atoms with van der Waals surface area (Å²) in [6, 6.07) is 12.8. The van der Waals surface area contributed by atoms with E-state index in [0.717, 1.165) is 17.7 Å². The van der Waals surface area contributed by atoms with E-state index >= 15 is 0 Å². The van der Waals surface area contributed by atoms with E-state index in [9.17, 15) is 18.0 Å². The Balaban J connectivity index is 1.74. The number of benzene rings is 2. The fraction of sp³-hybridized carbons (Fsp3) is 0.333. The third-order valence-electron chi connectivity index (χ3n) is 5.96. The zero-order valence-electron chi connectivity index (χ0n) is 18.0. The molecule has 0 bridgehead atoms. The number of fused-ring (bicyclic) bond motifs is 1. The highest BCUT2D eigenvalue weighted by Crippen LogP contribution is 2.39. The molecule has 1 N–H and O–H groups in total. The van der Waals surface area contributed by atoms with Crippen molar-refractivity contribution >= 4 is 38.9 Å². The van der Waals surface area contributed by atoms with Crippen LogP contribution in [-0.2, 0) is 19.5 Å². The first-order valence-corrected chi connectivity index (χ1v) is 13.0. The van der Waals surface area contributed by atoms with E-state index in [2.05, 4.69) is 5.48 Å². The predicted octanol–water partition coefficient (Wildman–Crippen LogP) is 3.99. The second kappa shape index (κ2) is 9.21. The van der Waals surface area contributed by atoms with Gasteiger partial charge in [0.25, 0.3) is 0 Å². The molecule has 1 aliphatic heterocycles. The van der Waals surface area contributed by atoms with Gasteiger partial charge in [-0.3, -0.25) is 19.9 Å². The van der Waals surface area contributed by atoms with E-state index in [1.165, 1.54) is 13.2 Å². The van der Waals surface area contributed by atoms with Gasteiger partial charge in [-0.05, 0) is 55.7 Å². The van der Waals surface area contributed by atoms with Gasteiger partial charge in [0.2, 0.25) is 0 Å². The number of sulfone groups is 1. The van der Waals surface area contributed by atoms with Crippen LogP contribution >= 0.6 is 11.8 Å². The molecule has 4 rings (SSSR count). The number of nitrogens with one attached hydrogen (secondary N) is 1. The van der Waals surface area contributed by atoms with Gasteiger partial charge in [0.15, 0.2) is 15.6 Å². The molecule has 2 atom stereocenters. The third kappa shape index (κ3) is 4.27. The summed E-state index contributed by atoms with van der Waals surface area (Å²) in [4.78, 5) is 32.8. The Labute approximate surface area is 192 Å². The van der Waals surface area contributed by atoms with Crippen molar-refractivity contribution in [3.8, 4) is 0 Å². The minimum absolute atomic E-state index is 0.0507. The topological polar surface area (TPSA) is 89.5 Å². The number of hydroxylamine groups is 1. The Bertz CT molecular complexity index is 1190. The van der Waals surface area contributed by atoms with Crippen LogP contribution in [0.5, 0.6) is 0 Å². The summed E-state index contributed by atoms with van der Waals surface area (Å²) in [5.74, 6) is -1.20. The molecule has 1 fully saturated rings. The molecule has 1 heterocycles. The first-order valence-electron chi connectivity index (χ1n) is 10.5. The van der Waals surface area contributed by atoms with Crippen LogP contribution in [0.15, 0.2) is 58.3 Å². The Kier molecular flexibility index (Phi) is 6.55. The number of carbonyl (C=O) groups is 2. The number of hydrogen-bond donors (Lipinski definition) is 1. The lowest BCUT2D eigenvalue weighted by Gasteiger charge is -2.30. The van der Waals surface area contributed by atoms with Crippen molar-refractivity contribution in [2.24, 2.45) is 5.92 Å². The Hall–Kier alpha value is -2.42. The SMILES string of the molecule is CONC1=CCS(=O)(=O)c2ccc(C(=O)C3C(=O)CCCC3Sc3ccccc3)c(C)c21. The first-order chi connectivity index (χ1) is 15.3. The zero-order chi connectivity index (χ0) is 22.9. The van der Waals surface area contributed by atoms with Crippen LogP contribution in [0.3, 0.4) is 0 Å². The minimum Gasteiger partial charge on any atom is -0.299 e. The molecule has 32 heavy (non-hydrogen) atoms. The summed E-state index contributed by atoms with van der Waals surface area (Å²) < 4.78 is 25.2. The molecule has 6 nitrogen and oxygen atoms in total. The quantitative estimate of drug-likeness (QED) is 0.387. The van der Waals surface area contributed by atoms with Crippen molar-refractivity contribution < 1.29 is 22.8 Å². The van der Waals surface area contributed by atoms with Gasteiger partial charge in [-0.2, -0.15) is 0 Å². The fourth-order valence-corrected chi connectivity index (χ4v) is 7.20. The molecule has 2 aromatic carbocycles. The molecule has 168 valence electrons. The predicted molar refractivity (Wildman–Crippen MR) is 124 cm³/mol. The maximum Gasteiger partial charge on any atom is 0.182 e. The second-order valence-electron chi connectivity index (χ2n) is 7.99. The Morgan fingerprint density at radius 2 is 1.91 bits per heavy atom. The van der Waals surface area contributed by atoms with Crippen LogP contribution in [0.25, 0.3) is 5.70 Å². The molecule has 0 aromatic heterocycles.